The molecule has 1 heterocycles. The van der Waals surface area contributed by atoms with E-state index in [9.17, 15) is 9.90 Å². The molecule has 2 N–H and O–H groups in total. The molecule has 2 fully saturated rings. The fourth-order valence-electron chi connectivity index (χ4n) is 2.46. The molecule has 0 bridgehead atoms. The predicted molar refractivity (Wildman–Crippen MR) is 51.0 cm³/mol. The minimum Gasteiger partial charge on any atom is -0.481 e. The number of nitrogens with zero attached hydrogens (tertiary/aromatic N) is 1. The average molecular weight is 199 g/mol. The maximum absolute atomic E-state index is 10.6. The summed E-state index contributed by atoms with van der Waals surface area (Å²) < 4.78 is 0. The van der Waals surface area contributed by atoms with Crippen molar-refractivity contribution in [1.29, 1.82) is 0 Å². The van der Waals surface area contributed by atoms with Crippen molar-refractivity contribution in [3.05, 3.63) is 0 Å². The fourth-order valence-corrected chi connectivity index (χ4v) is 2.46. The lowest BCUT2D eigenvalue weighted by Crippen LogP contribution is -2.55. The van der Waals surface area contributed by atoms with Crippen LogP contribution >= 0.6 is 0 Å². The summed E-state index contributed by atoms with van der Waals surface area (Å²) in [4.78, 5) is 12.6. The maximum atomic E-state index is 10.6. The lowest BCUT2D eigenvalue weighted by atomic mass is 9.95. The average Bonchev–Trinajstić information content (AvgIpc) is 2.44. The Bertz CT molecular complexity index is 230. The highest BCUT2D eigenvalue weighted by Gasteiger charge is 2.39. The van der Waals surface area contributed by atoms with E-state index in [4.69, 9.17) is 5.11 Å². The molecule has 0 aromatic heterocycles. The Balaban J connectivity index is 1.75. The summed E-state index contributed by atoms with van der Waals surface area (Å²) in [7, 11) is 0. The third-order valence-electron chi connectivity index (χ3n) is 3.36. The maximum Gasteiger partial charge on any atom is 0.309 e. The first-order chi connectivity index (χ1) is 6.59. The Hall–Kier alpha value is -0.610. The fraction of sp³-hybridized carbons (Fsp3) is 0.900. The Morgan fingerprint density at radius 1 is 1.36 bits per heavy atom. The zero-order valence-corrected chi connectivity index (χ0v) is 8.28. The Morgan fingerprint density at radius 3 is 2.43 bits per heavy atom. The van der Waals surface area contributed by atoms with Crippen molar-refractivity contribution in [3.63, 3.8) is 0 Å². The number of hydrogen-bond acceptors (Lipinski definition) is 3. The van der Waals surface area contributed by atoms with Crippen LogP contribution in [-0.4, -0.2) is 46.3 Å². The zero-order chi connectivity index (χ0) is 10.2. The minimum absolute atomic E-state index is 0.208. The van der Waals surface area contributed by atoms with Crippen LogP contribution in [0.2, 0.25) is 0 Å². The summed E-state index contributed by atoms with van der Waals surface area (Å²) in [6, 6.07) is 0. The number of likely N-dealkylation sites (tertiary alicyclic amines) is 1. The Morgan fingerprint density at radius 2 is 1.93 bits per heavy atom. The number of aliphatic hydroxyl groups is 1. The van der Waals surface area contributed by atoms with Crippen molar-refractivity contribution in [3.8, 4) is 0 Å². The van der Waals surface area contributed by atoms with Gasteiger partial charge in [0, 0.05) is 19.6 Å². The second kappa shape index (κ2) is 3.51. The molecule has 1 saturated carbocycles. The predicted octanol–water partition coefficient (Wildman–Crippen LogP) is 0.308. The molecule has 4 heteroatoms. The molecular weight excluding hydrogens is 182 g/mol. The molecule has 80 valence electrons. The number of carbonyl (C=O) groups is 1. The summed E-state index contributed by atoms with van der Waals surface area (Å²) in [5.41, 5.74) is -0.524. The number of carboxylic acid groups (broad SMARTS) is 1. The van der Waals surface area contributed by atoms with Gasteiger partial charge in [-0.15, -0.1) is 0 Å². The van der Waals surface area contributed by atoms with Crippen molar-refractivity contribution in [2.24, 2.45) is 5.92 Å². The van der Waals surface area contributed by atoms with Gasteiger partial charge in [0.2, 0.25) is 0 Å². The highest BCUT2D eigenvalue weighted by molar-refractivity contribution is 5.71. The highest BCUT2D eigenvalue weighted by Crippen LogP contribution is 2.32. The Labute approximate surface area is 83.5 Å². The van der Waals surface area contributed by atoms with Crippen molar-refractivity contribution in [2.75, 3.05) is 19.6 Å². The van der Waals surface area contributed by atoms with Crippen LogP contribution in [0.3, 0.4) is 0 Å². The van der Waals surface area contributed by atoms with Gasteiger partial charge in [-0.2, -0.15) is 0 Å². The second-order valence-electron chi connectivity index (χ2n) is 4.66. The summed E-state index contributed by atoms with van der Waals surface area (Å²) in [5, 5.41) is 18.7. The quantitative estimate of drug-likeness (QED) is 0.686. The first-order valence-electron chi connectivity index (χ1n) is 5.27. The van der Waals surface area contributed by atoms with Gasteiger partial charge in [-0.25, -0.2) is 0 Å². The summed E-state index contributed by atoms with van der Waals surface area (Å²) in [6.07, 6.45) is 3.96. The summed E-state index contributed by atoms with van der Waals surface area (Å²) in [6.45, 7) is 1.88. The van der Waals surface area contributed by atoms with Gasteiger partial charge in [0.25, 0.3) is 0 Å². The van der Waals surface area contributed by atoms with E-state index in [-0.39, 0.29) is 5.92 Å². The van der Waals surface area contributed by atoms with Crippen molar-refractivity contribution in [2.45, 2.75) is 31.3 Å². The SMILES string of the molecule is O=C(O)C1CN(CC2(O)CCCC2)C1. The van der Waals surface area contributed by atoms with E-state index in [1.165, 1.54) is 0 Å². The first-order valence-corrected chi connectivity index (χ1v) is 5.27. The third kappa shape index (κ3) is 1.91. The van der Waals surface area contributed by atoms with Crippen LogP contribution in [0, 0.1) is 5.92 Å². The van der Waals surface area contributed by atoms with Crippen LogP contribution in [-0.2, 0) is 4.79 Å². The lowest BCUT2D eigenvalue weighted by Gasteiger charge is -2.40. The molecule has 4 nitrogen and oxygen atoms in total. The molecule has 2 rings (SSSR count). The standard InChI is InChI=1S/C10H17NO3/c12-9(13)8-5-11(6-8)7-10(14)3-1-2-4-10/h8,14H,1-7H2,(H,12,13). The van der Waals surface area contributed by atoms with Gasteiger partial charge in [0.1, 0.15) is 0 Å². The van der Waals surface area contributed by atoms with Crippen LogP contribution in [0.4, 0.5) is 0 Å². The van der Waals surface area contributed by atoms with E-state index in [1.807, 2.05) is 4.90 Å². The van der Waals surface area contributed by atoms with Crippen LogP contribution in [0.15, 0.2) is 0 Å². The molecule has 0 atom stereocenters. The van der Waals surface area contributed by atoms with Gasteiger partial charge in [-0.3, -0.25) is 9.69 Å². The summed E-state index contributed by atoms with van der Waals surface area (Å²) in [5.74, 6) is -0.917. The smallest absolute Gasteiger partial charge is 0.309 e. The highest BCUT2D eigenvalue weighted by atomic mass is 16.4. The monoisotopic (exact) mass is 199 g/mol. The van der Waals surface area contributed by atoms with E-state index in [1.54, 1.807) is 0 Å². The molecule has 0 unspecified atom stereocenters. The summed E-state index contributed by atoms with van der Waals surface area (Å²) >= 11 is 0. The number of hydrogen-bond donors (Lipinski definition) is 2. The van der Waals surface area contributed by atoms with E-state index in [0.717, 1.165) is 25.7 Å². The number of β-amino-alcohol motifs (C(OH)–C–C–N with tert-alkyl or cyclic N) is 1. The molecule has 0 amide bonds. The number of rotatable bonds is 3. The van der Waals surface area contributed by atoms with Crippen molar-refractivity contribution < 1.29 is 15.0 Å². The topological polar surface area (TPSA) is 60.8 Å². The van der Waals surface area contributed by atoms with Crippen LogP contribution in [0.25, 0.3) is 0 Å². The molecular formula is C10H17NO3. The van der Waals surface area contributed by atoms with Gasteiger partial charge in [-0.1, -0.05) is 12.8 Å². The second-order valence-corrected chi connectivity index (χ2v) is 4.66. The molecule has 2 aliphatic rings. The molecule has 1 saturated heterocycles. The first kappa shape index (κ1) is 9.93. The van der Waals surface area contributed by atoms with Gasteiger partial charge in [-0.05, 0) is 12.8 Å². The van der Waals surface area contributed by atoms with Crippen molar-refractivity contribution >= 4 is 5.97 Å². The number of aliphatic carboxylic acids is 1. The van der Waals surface area contributed by atoms with Gasteiger partial charge < -0.3 is 10.2 Å². The van der Waals surface area contributed by atoms with E-state index in [2.05, 4.69) is 0 Å². The molecule has 1 aliphatic carbocycles. The molecule has 1 aliphatic heterocycles. The van der Waals surface area contributed by atoms with Crippen LogP contribution < -0.4 is 0 Å². The molecule has 0 aromatic carbocycles. The molecule has 0 aromatic rings. The van der Waals surface area contributed by atoms with Gasteiger partial charge >= 0.3 is 5.97 Å². The number of carboxylic acids is 1. The lowest BCUT2D eigenvalue weighted by molar-refractivity contribution is -0.149. The minimum atomic E-state index is -0.709. The third-order valence-corrected chi connectivity index (χ3v) is 3.36. The van der Waals surface area contributed by atoms with Gasteiger partial charge in [0.05, 0.1) is 11.5 Å². The van der Waals surface area contributed by atoms with Crippen LogP contribution in [0.5, 0.6) is 0 Å². The normalized spacial score (nSPS) is 27.5. The zero-order valence-electron chi connectivity index (χ0n) is 8.28. The molecule has 14 heavy (non-hydrogen) atoms. The van der Waals surface area contributed by atoms with E-state index in [0.29, 0.717) is 19.6 Å². The molecule has 0 spiro atoms. The van der Waals surface area contributed by atoms with Gasteiger partial charge in [0.15, 0.2) is 0 Å². The largest absolute Gasteiger partial charge is 0.481 e. The van der Waals surface area contributed by atoms with Crippen molar-refractivity contribution in [1.82, 2.24) is 4.90 Å². The van der Waals surface area contributed by atoms with Crippen LogP contribution in [0.1, 0.15) is 25.7 Å². The molecule has 0 radical (unpaired) electrons. The van der Waals surface area contributed by atoms with E-state index < -0.39 is 11.6 Å². The van der Waals surface area contributed by atoms with E-state index >= 15 is 0 Å². The Kier molecular flexibility index (Phi) is 2.49.